The van der Waals surface area contributed by atoms with E-state index in [0.29, 0.717) is 13.0 Å². The van der Waals surface area contributed by atoms with Crippen LogP contribution in [-0.4, -0.2) is 25.3 Å². The average Bonchev–Trinajstić information content (AvgIpc) is 2.88. The highest BCUT2D eigenvalue weighted by molar-refractivity contribution is 5.69. The number of hydrogen-bond acceptors (Lipinski definition) is 3. The van der Waals surface area contributed by atoms with Gasteiger partial charge in [-0.1, -0.05) is 23.8 Å². The number of hydrogen-bond donors (Lipinski definition) is 0. The van der Waals surface area contributed by atoms with Crippen molar-refractivity contribution in [1.82, 2.24) is 0 Å². The third kappa shape index (κ3) is 4.35. The van der Waals surface area contributed by atoms with E-state index in [9.17, 15) is 4.79 Å². The number of aryl methyl sites for hydroxylation is 3. The molecule has 0 saturated carbocycles. The van der Waals surface area contributed by atoms with Crippen molar-refractivity contribution in [3.8, 4) is 0 Å². The Bertz CT molecular complexity index is 434. The van der Waals surface area contributed by atoms with Crippen molar-refractivity contribution in [2.24, 2.45) is 0 Å². The maximum Gasteiger partial charge on any atom is 0.306 e. The number of carbonyl (C=O) groups excluding carboxylic acids is 1. The Labute approximate surface area is 114 Å². The van der Waals surface area contributed by atoms with E-state index in [0.717, 1.165) is 25.9 Å². The van der Waals surface area contributed by atoms with Crippen molar-refractivity contribution in [3.05, 3.63) is 34.9 Å². The highest BCUT2D eigenvalue weighted by Crippen LogP contribution is 2.14. The summed E-state index contributed by atoms with van der Waals surface area (Å²) in [7, 11) is 0. The molecule has 1 aliphatic heterocycles. The second kappa shape index (κ2) is 6.71. The first-order chi connectivity index (χ1) is 9.15. The van der Waals surface area contributed by atoms with Crippen molar-refractivity contribution in [2.75, 3.05) is 13.2 Å². The van der Waals surface area contributed by atoms with E-state index in [1.54, 1.807) is 0 Å². The van der Waals surface area contributed by atoms with Crippen LogP contribution in [-0.2, 0) is 20.7 Å². The van der Waals surface area contributed by atoms with Gasteiger partial charge < -0.3 is 9.47 Å². The monoisotopic (exact) mass is 262 g/mol. The van der Waals surface area contributed by atoms with Crippen molar-refractivity contribution < 1.29 is 14.3 Å². The molecule has 0 aliphatic carbocycles. The topological polar surface area (TPSA) is 35.5 Å². The number of ether oxygens (including phenoxy) is 2. The lowest BCUT2D eigenvalue weighted by Crippen LogP contribution is -2.18. The molecule has 0 amide bonds. The number of carbonyl (C=O) groups is 1. The van der Waals surface area contributed by atoms with Crippen LogP contribution in [0.1, 0.15) is 36.0 Å². The van der Waals surface area contributed by atoms with Gasteiger partial charge in [0.05, 0.1) is 6.10 Å². The molecule has 1 heterocycles. The Hall–Kier alpha value is -1.35. The van der Waals surface area contributed by atoms with Crippen LogP contribution >= 0.6 is 0 Å². The Balaban J connectivity index is 1.73. The summed E-state index contributed by atoms with van der Waals surface area (Å²) in [6.07, 6.45) is 3.38. The fourth-order valence-corrected chi connectivity index (χ4v) is 2.40. The maximum atomic E-state index is 11.7. The molecule has 3 heteroatoms. The van der Waals surface area contributed by atoms with E-state index in [4.69, 9.17) is 9.47 Å². The van der Waals surface area contributed by atoms with Crippen LogP contribution < -0.4 is 0 Å². The summed E-state index contributed by atoms with van der Waals surface area (Å²) < 4.78 is 10.7. The molecule has 1 unspecified atom stereocenters. The first-order valence-electron chi connectivity index (χ1n) is 6.98. The Morgan fingerprint density at radius 1 is 1.42 bits per heavy atom. The minimum atomic E-state index is -0.129. The summed E-state index contributed by atoms with van der Waals surface area (Å²) in [6, 6.07) is 6.32. The van der Waals surface area contributed by atoms with Gasteiger partial charge in [-0.25, -0.2) is 0 Å². The van der Waals surface area contributed by atoms with Gasteiger partial charge in [0.25, 0.3) is 0 Å². The van der Waals surface area contributed by atoms with Crippen LogP contribution in [0.3, 0.4) is 0 Å². The Morgan fingerprint density at radius 2 is 2.26 bits per heavy atom. The SMILES string of the molecule is Cc1ccc(CCC(=O)OCC2CCCO2)c(C)c1. The molecule has 1 fully saturated rings. The predicted molar refractivity (Wildman–Crippen MR) is 74.2 cm³/mol. The fraction of sp³-hybridized carbons (Fsp3) is 0.562. The van der Waals surface area contributed by atoms with Gasteiger partial charge in [-0.15, -0.1) is 0 Å². The molecule has 1 saturated heterocycles. The normalized spacial score (nSPS) is 18.5. The van der Waals surface area contributed by atoms with Crippen molar-refractivity contribution in [2.45, 2.75) is 45.6 Å². The molecule has 1 aliphatic rings. The quantitative estimate of drug-likeness (QED) is 0.765. The lowest BCUT2D eigenvalue weighted by atomic mass is 10.0. The average molecular weight is 262 g/mol. The number of esters is 1. The van der Waals surface area contributed by atoms with Gasteiger partial charge in [0.2, 0.25) is 0 Å². The van der Waals surface area contributed by atoms with Crippen LogP contribution in [0.15, 0.2) is 18.2 Å². The van der Waals surface area contributed by atoms with Gasteiger partial charge in [-0.2, -0.15) is 0 Å². The van der Waals surface area contributed by atoms with Gasteiger partial charge in [0, 0.05) is 13.0 Å². The third-order valence-electron chi connectivity index (χ3n) is 3.55. The third-order valence-corrected chi connectivity index (χ3v) is 3.55. The molecular weight excluding hydrogens is 240 g/mol. The van der Waals surface area contributed by atoms with Crippen LogP contribution in [0.2, 0.25) is 0 Å². The highest BCUT2D eigenvalue weighted by Gasteiger charge is 2.17. The van der Waals surface area contributed by atoms with Gasteiger partial charge in [0.15, 0.2) is 0 Å². The molecule has 1 atom stereocenters. The van der Waals surface area contributed by atoms with Crippen molar-refractivity contribution in [3.63, 3.8) is 0 Å². The molecular formula is C16H22O3. The van der Waals surface area contributed by atoms with Gasteiger partial charge in [-0.3, -0.25) is 4.79 Å². The van der Waals surface area contributed by atoms with Crippen molar-refractivity contribution >= 4 is 5.97 Å². The molecule has 0 spiro atoms. The minimum absolute atomic E-state index is 0.116. The molecule has 2 rings (SSSR count). The lowest BCUT2D eigenvalue weighted by molar-refractivity contribution is -0.146. The summed E-state index contributed by atoms with van der Waals surface area (Å²) in [6.45, 7) is 5.36. The molecule has 0 N–H and O–H groups in total. The molecule has 0 radical (unpaired) electrons. The van der Waals surface area contributed by atoms with Crippen LogP contribution in [0.25, 0.3) is 0 Å². The summed E-state index contributed by atoms with van der Waals surface area (Å²) in [5, 5.41) is 0. The van der Waals surface area contributed by atoms with Crippen LogP contribution in [0.4, 0.5) is 0 Å². The second-order valence-electron chi connectivity index (χ2n) is 5.25. The first kappa shape index (κ1) is 14.1. The number of rotatable bonds is 5. The smallest absolute Gasteiger partial charge is 0.306 e. The van der Waals surface area contributed by atoms with Crippen LogP contribution in [0, 0.1) is 13.8 Å². The summed E-state index contributed by atoms with van der Waals surface area (Å²) in [5.74, 6) is -0.129. The summed E-state index contributed by atoms with van der Waals surface area (Å²) >= 11 is 0. The fourth-order valence-electron chi connectivity index (χ4n) is 2.40. The zero-order chi connectivity index (χ0) is 13.7. The van der Waals surface area contributed by atoms with E-state index in [1.165, 1.54) is 16.7 Å². The van der Waals surface area contributed by atoms with Crippen LogP contribution in [0.5, 0.6) is 0 Å². The van der Waals surface area contributed by atoms with Gasteiger partial charge >= 0.3 is 5.97 Å². The molecule has 0 aromatic heterocycles. The van der Waals surface area contributed by atoms with Gasteiger partial charge in [-0.05, 0) is 44.2 Å². The summed E-state index contributed by atoms with van der Waals surface area (Å²) in [5.41, 5.74) is 3.72. The van der Waals surface area contributed by atoms with Crippen molar-refractivity contribution in [1.29, 1.82) is 0 Å². The lowest BCUT2D eigenvalue weighted by Gasteiger charge is -2.11. The minimum Gasteiger partial charge on any atom is -0.463 e. The summed E-state index contributed by atoms with van der Waals surface area (Å²) in [4.78, 5) is 11.7. The van der Waals surface area contributed by atoms with E-state index in [2.05, 4.69) is 32.0 Å². The van der Waals surface area contributed by atoms with E-state index < -0.39 is 0 Å². The number of benzene rings is 1. The first-order valence-corrected chi connectivity index (χ1v) is 6.98. The Morgan fingerprint density at radius 3 is 2.95 bits per heavy atom. The molecule has 1 aromatic rings. The molecule has 3 nitrogen and oxygen atoms in total. The molecule has 19 heavy (non-hydrogen) atoms. The van der Waals surface area contributed by atoms with E-state index in [-0.39, 0.29) is 12.1 Å². The Kier molecular flexibility index (Phi) is 4.97. The van der Waals surface area contributed by atoms with E-state index in [1.807, 2.05) is 0 Å². The highest BCUT2D eigenvalue weighted by atomic mass is 16.6. The molecule has 0 bridgehead atoms. The standard InChI is InChI=1S/C16H22O3/c1-12-5-6-14(13(2)10-12)7-8-16(17)19-11-15-4-3-9-18-15/h5-6,10,15H,3-4,7-9,11H2,1-2H3. The van der Waals surface area contributed by atoms with E-state index >= 15 is 0 Å². The molecule has 1 aromatic carbocycles. The molecule has 104 valence electrons. The second-order valence-corrected chi connectivity index (χ2v) is 5.25. The largest absolute Gasteiger partial charge is 0.463 e. The predicted octanol–water partition coefficient (Wildman–Crippen LogP) is 2.96. The zero-order valence-corrected chi connectivity index (χ0v) is 11.8. The van der Waals surface area contributed by atoms with Gasteiger partial charge in [0.1, 0.15) is 6.61 Å². The maximum absolute atomic E-state index is 11.7. The zero-order valence-electron chi connectivity index (χ0n) is 11.8.